The van der Waals surface area contributed by atoms with E-state index < -0.39 is 66.6 Å². The molecule has 9 nitrogen and oxygen atoms in total. The molecule has 1 aliphatic heterocycles. The highest BCUT2D eigenvalue weighted by Crippen LogP contribution is 2.76. The van der Waals surface area contributed by atoms with Gasteiger partial charge in [-0.05, 0) is 117 Å². The molecule has 1 heterocycles. The van der Waals surface area contributed by atoms with Gasteiger partial charge < -0.3 is 45.2 Å². The Morgan fingerprint density at radius 2 is 1.51 bits per heavy atom. The third-order valence-electron chi connectivity index (χ3n) is 14.5. The van der Waals surface area contributed by atoms with Gasteiger partial charge in [-0.15, -0.1) is 0 Å². The number of ether oxygens (including phenoxy) is 2. The summed E-state index contributed by atoms with van der Waals surface area (Å²) in [6, 6.07) is 0. The maximum atomic E-state index is 12.2. The maximum absolute atomic E-state index is 12.2. The van der Waals surface area contributed by atoms with E-state index in [2.05, 4.69) is 40.7 Å². The van der Waals surface area contributed by atoms with Crippen molar-refractivity contribution in [1.82, 2.24) is 0 Å². The van der Waals surface area contributed by atoms with Crippen molar-refractivity contribution in [2.24, 2.45) is 45.3 Å². The highest BCUT2D eigenvalue weighted by molar-refractivity contribution is 5.21. The van der Waals surface area contributed by atoms with E-state index in [4.69, 9.17) is 9.47 Å². The van der Waals surface area contributed by atoms with Gasteiger partial charge in [-0.1, -0.05) is 46.3 Å². The Morgan fingerprint density at radius 3 is 2.13 bits per heavy atom. The van der Waals surface area contributed by atoms with Crippen molar-refractivity contribution >= 4 is 0 Å². The number of hydrogen-bond acceptors (Lipinski definition) is 9. The van der Waals surface area contributed by atoms with Crippen molar-refractivity contribution in [2.75, 3.05) is 6.61 Å². The van der Waals surface area contributed by atoms with Gasteiger partial charge in [0, 0.05) is 0 Å². The lowest BCUT2D eigenvalue weighted by molar-refractivity contribution is -0.336. The number of rotatable bonds is 7. The second kappa shape index (κ2) is 12.1. The van der Waals surface area contributed by atoms with Crippen LogP contribution in [-0.2, 0) is 9.47 Å². The van der Waals surface area contributed by atoms with E-state index >= 15 is 0 Å². The first-order valence-corrected chi connectivity index (χ1v) is 17.4. The molecular formula is C36H62O9. The third kappa shape index (κ3) is 5.39. The molecule has 4 aliphatic carbocycles. The molecule has 0 aromatic heterocycles. The van der Waals surface area contributed by atoms with Gasteiger partial charge in [0.05, 0.1) is 30.5 Å². The van der Waals surface area contributed by atoms with Crippen LogP contribution in [0.3, 0.4) is 0 Å². The Kier molecular flexibility index (Phi) is 9.56. The zero-order chi connectivity index (χ0) is 33.5. The summed E-state index contributed by atoms with van der Waals surface area (Å²) in [4.78, 5) is 0. The minimum absolute atomic E-state index is 0.0751. The second-order valence-electron chi connectivity index (χ2n) is 17.4. The molecule has 1 saturated heterocycles. The van der Waals surface area contributed by atoms with Crippen LogP contribution in [0.4, 0.5) is 0 Å². The number of aliphatic hydroxyl groups is 7. The molecule has 4 saturated carbocycles. The summed E-state index contributed by atoms with van der Waals surface area (Å²) < 4.78 is 12.6. The average Bonchev–Trinajstić information content (AvgIpc) is 3.34. The van der Waals surface area contributed by atoms with E-state index in [1.807, 2.05) is 20.8 Å². The van der Waals surface area contributed by atoms with Crippen LogP contribution >= 0.6 is 0 Å². The van der Waals surface area contributed by atoms with Gasteiger partial charge >= 0.3 is 0 Å². The topological polar surface area (TPSA) is 160 Å². The second-order valence-corrected chi connectivity index (χ2v) is 17.4. The Labute approximate surface area is 270 Å². The average molecular weight is 639 g/mol. The Balaban J connectivity index is 1.50. The molecule has 0 unspecified atom stereocenters. The quantitative estimate of drug-likeness (QED) is 0.208. The smallest absolute Gasteiger partial charge is 0.187 e. The number of allylic oxidation sites excluding steroid dienone is 2. The normalized spacial score (nSPS) is 52.2. The van der Waals surface area contributed by atoms with E-state index in [0.717, 1.165) is 32.1 Å². The van der Waals surface area contributed by atoms with Gasteiger partial charge in [-0.3, -0.25) is 0 Å². The minimum atomic E-state index is -1.53. The molecule has 0 spiro atoms. The molecule has 9 heteroatoms. The molecule has 5 aliphatic rings. The summed E-state index contributed by atoms with van der Waals surface area (Å²) in [5, 5.41) is 76.1. The Hall–Kier alpha value is -0.620. The van der Waals surface area contributed by atoms with Crippen LogP contribution in [0.5, 0.6) is 0 Å². The summed E-state index contributed by atoms with van der Waals surface area (Å²) >= 11 is 0. The minimum Gasteiger partial charge on any atom is -0.394 e. The molecule has 0 bridgehead atoms. The van der Waals surface area contributed by atoms with Gasteiger partial charge in [0.15, 0.2) is 6.29 Å². The van der Waals surface area contributed by atoms with Crippen molar-refractivity contribution in [1.29, 1.82) is 0 Å². The highest BCUT2D eigenvalue weighted by atomic mass is 16.7. The van der Waals surface area contributed by atoms with E-state index in [0.29, 0.717) is 19.3 Å². The molecule has 260 valence electrons. The van der Waals surface area contributed by atoms with Crippen molar-refractivity contribution < 1.29 is 45.2 Å². The van der Waals surface area contributed by atoms with Crippen molar-refractivity contribution in [3.05, 3.63) is 11.6 Å². The number of hydrogen-bond donors (Lipinski definition) is 7. The fraction of sp³-hybridized carbons (Fsp3) is 0.944. The zero-order valence-corrected chi connectivity index (χ0v) is 28.8. The standard InChI is InChI=1S/C36H62O9/c1-19(2)10-9-13-36(8,45-31-29(42)28(41)27(40)23(18-37)44-31)20-11-14-35(7)26(20)21(38)16-25-33(5)17-22(39)30(43)32(3,4)24(33)12-15-34(25,35)6/h10,20-31,37-43H,9,11-18H2,1-8H3/t20-,21+,22+,23+,24+,25+,26-,27+,28-,29+,30-,31-,33-,34+,35+,36-/m0/s1. The van der Waals surface area contributed by atoms with Gasteiger partial charge in [-0.2, -0.15) is 0 Å². The number of aliphatic hydroxyl groups excluding tert-OH is 7. The largest absolute Gasteiger partial charge is 0.394 e. The van der Waals surface area contributed by atoms with Crippen LogP contribution in [0.15, 0.2) is 11.6 Å². The summed E-state index contributed by atoms with van der Waals surface area (Å²) in [5.74, 6) is 0.236. The van der Waals surface area contributed by atoms with Crippen molar-refractivity contribution in [3.63, 3.8) is 0 Å². The van der Waals surface area contributed by atoms with Crippen LogP contribution in [0.25, 0.3) is 0 Å². The van der Waals surface area contributed by atoms with Gasteiger partial charge in [0.25, 0.3) is 0 Å². The molecule has 5 rings (SSSR count). The first kappa shape index (κ1) is 35.7. The van der Waals surface area contributed by atoms with Gasteiger partial charge in [0.1, 0.15) is 24.4 Å². The van der Waals surface area contributed by atoms with Gasteiger partial charge in [-0.25, -0.2) is 0 Å². The monoisotopic (exact) mass is 638 g/mol. The molecule has 0 radical (unpaired) electrons. The number of fused-ring (bicyclic) bond motifs is 5. The zero-order valence-electron chi connectivity index (χ0n) is 28.8. The van der Waals surface area contributed by atoms with E-state index in [-0.39, 0.29) is 39.9 Å². The lowest BCUT2D eigenvalue weighted by Gasteiger charge is -2.71. The Morgan fingerprint density at radius 1 is 0.867 bits per heavy atom. The predicted molar refractivity (Wildman–Crippen MR) is 170 cm³/mol. The molecule has 16 atom stereocenters. The van der Waals surface area contributed by atoms with Crippen LogP contribution in [0, 0.1) is 45.3 Å². The first-order chi connectivity index (χ1) is 20.8. The fourth-order valence-corrected chi connectivity index (χ4v) is 12.0. The van der Waals surface area contributed by atoms with E-state index in [1.54, 1.807) is 0 Å². The lowest BCUT2D eigenvalue weighted by Crippen LogP contribution is -2.68. The van der Waals surface area contributed by atoms with Gasteiger partial charge in [0.2, 0.25) is 0 Å². The van der Waals surface area contributed by atoms with E-state index in [1.165, 1.54) is 5.57 Å². The molecule has 45 heavy (non-hydrogen) atoms. The summed E-state index contributed by atoms with van der Waals surface area (Å²) in [6.07, 6.45) is -0.682. The predicted octanol–water partition coefficient (Wildman–Crippen LogP) is 3.30. The van der Waals surface area contributed by atoms with Crippen LogP contribution in [-0.4, -0.2) is 97.0 Å². The van der Waals surface area contributed by atoms with Crippen LogP contribution in [0.1, 0.15) is 107 Å². The van der Waals surface area contributed by atoms with Crippen LogP contribution in [0.2, 0.25) is 0 Å². The fourth-order valence-electron chi connectivity index (χ4n) is 12.0. The Bertz CT molecular complexity index is 1110. The molecule has 0 aromatic carbocycles. The van der Waals surface area contributed by atoms with Crippen LogP contribution < -0.4 is 0 Å². The lowest BCUT2D eigenvalue weighted by atomic mass is 9.35. The summed E-state index contributed by atoms with van der Waals surface area (Å²) in [7, 11) is 0. The first-order valence-electron chi connectivity index (χ1n) is 17.4. The van der Waals surface area contributed by atoms with Crippen molar-refractivity contribution in [3.8, 4) is 0 Å². The summed E-state index contributed by atoms with van der Waals surface area (Å²) in [6.45, 7) is 16.8. The SMILES string of the molecule is CC(C)=CCC[C@](C)(O[C@@H]1O[C@H](CO)[C@@H](O)[C@H](O)[C@H]1O)[C@H]1CC[C@]2(C)[C@@H]1[C@H](O)C[C@@H]1[C@@]3(C)C[C@@H](O)[C@H](O)C(C)(C)[C@H]3CC[C@]12C. The highest BCUT2D eigenvalue weighted by Gasteiger charge is 2.72. The summed E-state index contributed by atoms with van der Waals surface area (Å²) in [5.41, 5.74) is -0.670. The molecule has 7 N–H and O–H groups in total. The molecule has 0 aromatic rings. The van der Waals surface area contributed by atoms with Crippen molar-refractivity contribution in [2.45, 2.75) is 161 Å². The maximum Gasteiger partial charge on any atom is 0.187 e. The van der Waals surface area contributed by atoms with E-state index in [9.17, 15) is 35.7 Å². The molecular weight excluding hydrogens is 576 g/mol. The third-order valence-corrected chi connectivity index (χ3v) is 14.5. The molecule has 5 fully saturated rings. The molecule has 0 amide bonds.